The summed E-state index contributed by atoms with van der Waals surface area (Å²) in [4.78, 5) is 18.8. The lowest BCUT2D eigenvalue weighted by Crippen LogP contribution is -2.39. The summed E-state index contributed by atoms with van der Waals surface area (Å²) in [5.41, 5.74) is 0. The Kier molecular flexibility index (Phi) is 12.4. The van der Waals surface area contributed by atoms with Crippen LogP contribution in [0.5, 0.6) is 0 Å². The van der Waals surface area contributed by atoms with Gasteiger partial charge in [-0.25, -0.2) is 22.9 Å². The smallest absolute Gasteiger partial charge is 0.315 e. The number of nitrogens with zero attached hydrogens (tertiary/aromatic N) is 4. The van der Waals surface area contributed by atoms with Crippen LogP contribution in [0.4, 0.5) is 4.79 Å². The molecule has 1 aliphatic rings. The van der Waals surface area contributed by atoms with Crippen molar-refractivity contribution in [1.29, 1.82) is 0 Å². The number of carbonyl (C=O) groups excluding carboxylic acids is 1. The lowest BCUT2D eigenvalue weighted by molar-refractivity contribution is 0.238. The molecule has 1 saturated carbocycles. The van der Waals surface area contributed by atoms with E-state index in [1.54, 1.807) is 11.7 Å². The summed E-state index contributed by atoms with van der Waals surface area (Å²) in [6, 6.07) is -0.711. The maximum atomic E-state index is 13.0. The minimum absolute atomic E-state index is 0.0327. The highest BCUT2D eigenvalue weighted by molar-refractivity contribution is 7.89. The maximum Gasteiger partial charge on any atom is 0.315 e. The number of aryl methyl sites for hydroxylation is 1. The van der Waals surface area contributed by atoms with Crippen molar-refractivity contribution >= 4 is 16.1 Å². The first kappa shape index (κ1) is 29.5. The summed E-state index contributed by atoms with van der Waals surface area (Å²) in [6.45, 7) is 10.8. The minimum atomic E-state index is -3.48. The van der Waals surface area contributed by atoms with Gasteiger partial charge in [0.2, 0.25) is 10.0 Å². The number of aromatic nitrogens is 3. The van der Waals surface area contributed by atoms with Gasteiger partial charge in [0.25, 0.3) is 0 Å². The zero-order chi connectivity index (χ0) is 25.8. The lowest BCUT2D eigenvalue weighted by Gasteiger charge is -2.24. The van der Waals surface area contributed by atoms with E-state index in [1.807, 2.05) is 13.8 Å². The van der Waals surface area contributed by atoms with Gasteiger partial charge in [-0.2, -0.15) is 5.10 Å². The molecule has 1 atom stereocenters. The molecule has 1 fully saturated rings. The molecule has 0 radical (unpaired) electrons. The summed E-state index contributed by atoms with van der Waals surface area (Å²) in [6.07, 6.45) is 8.42. The van der Waals surface area contributed by atoms with Crippen molar-refractivity contribution in [1.82, 2.24) is 35.0 Å². The van der Waals surface area contributed by atoms with Crippen molar-refractivity contribution in [2.75, 3.05) is 25.4 Å². The third-order valence-electron chi connectivity index (χ3n) is 6.70. The van der Waals surface area contributed by atoms with E-state index < -0.39 is 16.1 Å². The molecular weight excluding hydrogens is 466 g/mol. The Balaban J connectivity index is 2.07. The zero-order valence-electron chi connectivity index (χ0n) is 22.3. The van der Waals surface area contributed by atoms with E-state index in [9.17, 15) is 13.2 Å². The Morgan fingerprint density at radius 2 is 1.86 bits per heavy atom. The number of sulfonamides is 1. The van der Waals surface area contributed by atoms with Gasteiger partial charge in [-0.15, -0.1) is 0 Å². The van der Waals surface area contributed by atoms with E-state index in [-0.39, 0.29) is 24.4 Å². The van der Waals surface area contributed by atoms with Crippen molar-refractivity contribution < 1.29 is 13.2 Å². The van der Waals surface area contributed by atoms with Gasteiger partial charge < -0.3 is 15.5 Å². The fourth-order valence-corrected chi connectivity index (χ4v) is 5.91. The third kappa shape index (κ3) is 10.8. The predicted molar refractivity (Wildman–Crippen MR) is 139 cm³/mol. The van der Waals surface area contributed by atoms with Crippen molar-refractivity contribution in [3.05, 3.63) is 11.6 Å². The third-order valence-corrected chi connectivity index (χ3v) is 8.17. The number of urea groups is 1. The van der Waals surface area contributed by atoms with Crippen LogP contribution in [0, 0.1) is 5.92 Å². The van der Waals surface area contributed by atoms with Gasteiger partial charge in [-0.05, 0) is 58.7 Å². The van der Waals surface area contributed by atoms with Crippen molar-refractivity contribution in [2.45, 2.75) is 97.7 Å². The number of hydrogen-bond donors (Lipinski definition) is 3. The van der Waals surface area contributed by atoms with Gasteiger partial charge in [-0.3, -0.25) is 4.68 Å². The second-order valence-corrected chi connectivity index (χ2v) is 11.8. The van der Waals surface area contributed by atoms with Crippen LogP contribution in [0.3, 0.4) is 0 Å². The van der Waals surface area contributed by atoms with Gasteiger partial charge in [0.15, 0.2) is 5.82 Å². The van der Waals surface area contributed by atoms with Crippen LogP contribution in [0.1, 0.15) is 96.8 Å². The van der Waals surface area contributed by atoms with E-state index in [0.717, 1.165) is 26.1 Å². The quantitative estimate of drug-likeness (QED) is 0.331. The molecule has 1 aromatic heterocycles. The topological polar surface area (TPSA) is 121 Å². The average molecular weight is 514 g/mol. The molecular formula is C24H47N7O3S. The Bertz CT molecular complexity index is 862. The second-order valence-electron chi connectivity index (χ2n) is 9.94. The van der Waals surface area contributed by atoms with E-state index in [4.69, 9.17) is 0 Å². The van der Waals surface area contributed by atoms with Crippen molar-refractivity contribution in [3.8, 4) is 0 Å². The molecule has 10 nitrogen and oxygen atoms in total. The summed E-state index contributed by atoms with van der Waals surface area (Å²) < 4.78 is 30.5. The Morgan fingerprint density at radius 3 is 2.49 bits per heavy atom. The number of hydrogen-bond acceptors (Lipinski definition) is 6. The first-order valence-corrected chi connectivity index (χ1v) is 14.9. The first-order valence-electron chi connectivity index (χ1n) is 13.3. The molecule has 2 amide bonds. The number of carbonyl (C=O) groups is 1. The highest BCUT2D eigenvalue weighted by atomic mass is 32.2. The number of rotatable bonds is 15. The molecule has 0 unspecified atom stereocenters. The molecule has 3 N–H and O–H groups in total. The minimum Gasteiger partial charge on any atom is -0.336 e. The molecule has 202 valence electrons. The standard InChI is InChI=1S/C24H47N7O3S/c1-6-31(7-2)16-11-17-35(33,34)29-21(15-14-20-12-9-8-10-13-20)23-27-22(30(5)28-23)18-25-24(32)26-19(3)4/h19-21,29H,6-18H2,1-5H3,(H2,25,26,32)/t21-/m1/s1. The monoisotopic (exact) mass is 513 g/mol. The molecule has 1 aromatic rings. The fraction of sp³-hybridized carbons (Fsp3) is 0.875. The first-order chi connectivity index (χ1) is 16.6. The van der Waals surface area contributed by atoms with Crippen LogP contribution >= 0.6 is 0 Å². The molecule has 2 rings (SSSR count). The van der Waals surface area contributed by atoms with E-state index in [0.29, 0.717) is 30.4 Å². The van der Waals surface area contributed by atoms with Crippen LogP contribution in [0.15, 0.2) is 0 Å². The van der Waals surface area contributed by atoms with E-state index in [1.165, 1.54) is 32.1 Å². The largest absolute Gasteiger partial charge is 0.336 e. The summed E-state index contributed by atoms with van der Waals surface area (Å²) in [5, 5.41) is 10.1. The van der Waals surface area contributed by atoms with E-state index >= 15 is 0 Å². The van der Waals surface area contributed by atoms with Gasteiger partial charge in [0.05, 0.1) is 18.3 Å². The van der Waals surface area contributed by atoms with Gasteiger partial charge in [-0.1, -0.05) is 46.0 Å². The molecule has 0 aromatic carbocycles. The van der Waals surface area contributed by atoms with Crippen LogP contribution in [-0.4, -0.2) is 65.5 Å². The highest BCUT2D eigenvalue weighted by Gasteiger charge is 2.26. The second kappa shape index (κ2) is 14.7. The summed E-state index contributed by atoms with van der Waals surface area (Å²) in [5.74, 6) is 1.77. The predicted octanol–water partition coefficient (Wildman–Crippen LogP) is 3.08. The van der Waals surface area contributed by atoms with Crippen molar-refractivity contribution in [3.63, 3.8) is 0 Å². The summed E-state index contributed by atoms with van der Waals surface area (Å²) >= 11 is 0. The Morgan fingerprint density at radius 1 is 1.17 bits per heavy atom. The molecule has 0 saturated heterocycles. The van der Waals surface area contributed by atoms with Gasteiger partial charge in [0.1, 0.15) is 5.82 Å². The molecule has 35 heavy (non-hydrogen) atoms. The van der Waals surface area contributed by atoms with Crippen LogP contribution in [0.25, 0.3) is 0 Å². The Hall–Kier alpha value is -1.72. The van der Waals surface area contributed by atoms with E-state index in [2.05, 4.69) is 44.2 Å². The van der Waals surface area contributed by atoms with Crippen LogP contribution in [0.2, 0.25) is 0 Å². The number of amides is 2. The molecule has 0 aliphatic heterocycles. The molecule has 0 spiro atoms. The zero-order valence-corrected chi connectivity index (χ0v) is 23.2. The van der Waals surface area contributed by atoms with Gasteiger partial charge >= 0.3 is 6.03 Å². The fourth-order valence-electron chi connectivity index (χ4n) is 4.63. The van der Waals surface area contributed by atoms with Gasteiger partial charge in [0, 0.05) is 13.1 Å². The highest BCUT2D eigenvalue weighted by Crippen LogP contribution is 2.30. The maximum absolute atomic E-state index is 13.0. The molecule has 1 aliphatic carbocycles. The summed E-state index contributed by atoms with van der Waals surface area (Å²) in [7, 11) is -1.71. The number of nitrogens with one attached hydrogen (secondary N) is 3. The van der Waals surface area contributed by atoms with Crippen LogP contribution in [-0.2, 0) is 23.6 Å². The lowest BCUT2D eigenvalue weighted by atomic mass is 9.85. The average Bonchev–Trinajstić information content (AvgIpc) is 3.18. The molecule has 1 heterocycles. The normalized spacial score (nSPS) is 16.1. The Labute approximate surface area is 212 Å². The SMILES string of the molecule is CCN(CC)CCCS(=O)(=O)N[C@H](CCC1CCCCC1)c1nc(CNC(=O)NC(C)C)n(C)n1. The van der Waals surface area contributed by atoms with Crippen molar-refractivity contribution in [2.24, 2.45) is 13.0 Å². The molecule has 11 heteroatoms. The molecule has 0 bridgehead atoms. The van der Waals surface area contributed by atoms with Crippen LogP contribution < -0.4 is 15.4 Å².